The van der Waals surface area contributed by atoms with Gasteiger partial charge < -0.3 is 24.4 Å². The van der Waals surface area contributed by atoms with Crippen molar-refractivity contribution in [3.05, 3.63) is 48.0 Å². The van der Waals surface area contributed by atoms with Crippen molar-refractivity contribution in [3.8, 4) is 17.2 Å². The summed E-state index contributed by atoms with van der Waals surface area (Å²) in [7, 11) is -2.31. The maximum absolute atomic E-state index is 13.9. The van der Waals surface area contributed by atoms with Crippen molar-refractivity contribution in [1.29, 1.82) is 0 Å². The fourth-order valence-electron chi connectivity index (χ4n) is 4.24. The summed E-state index contributed by atoms with van der Waals surface area (Å²) >= 11 is 0. The molecule has 0 saturated carbocycles. The quantitative estimate of drug-likeness (QED) is 0.399. The van der Waals surface area contributed by atoms with Gasteiger partial charge in [-0.1, -0.05) is 26.0 Å². The number of methoxy groups -OCH3 is 1. The summed E-state index contributed by atoms with van der Waals surface area (Å²) in [4.78, 5) is 28.7. The number of nitrogens with zero attached hydrogens (tertiary/aromatic N) is 2. The number of hydrogen-bond donors (Lipinski definition) is 1. The minimum atomic E-state index is -3.86. The Morgan fingerprint density at radius 1 is 1.03 bits per heavy atom. The van der Waals surface area contributed by atoms with E-state index in [1.807, 2.05) is 26.8 Å². The van der Waals surface area contributed by atoms with Crippen LogP contribution < -0.4 is 23.8 Å². The average Bonchev–Trinajstić information content (AvgIpc) is 2.95. The van der Waals surface area contributed by atoms with Gasteiger partial charge in [0.05, 0.1) is 18.6 Å². The number of amides is 2. The monoisotopic (exact) mass is 561 g/mol. The highest BCUT2D eigenvalue weighted by Gasteiger charge is 2.33. The predicted molar refractivity (Wildman–Crippen MR) is 150 cm³/mol. The second-order valence-electron chi connectivity index (χ2n) is 9.35. The average molecular weight is 562 g/mol. The molecule has 1 heterocycles. The molecule has 0 aromatic heterocycles. The van der Waals surface area contributed by atoms with Crippen molar-refractivity contribution in [1.82, 2.24) is 10.2 Å². The number of carbonyl (C=O) groups excluding carboxylic acids is 2. The fraction of sp³-hybridized carbons (Fsp3) is 0.500. The summed E-state index contributed by atoms with van der Waals surface area (Å²) < 4.78 is 44.0. The molecule has 0 spiro atoms. The van der Waals surface area contributed by atoms with Crippen LogP contribution in [-0.2, 0) is 26.2 Å². The molecule has 0 radical (unpaired) electrons. The fourth-order valence-corrected chi connectivity index (χ4v) is 5.29. The Kier molecular flexibility index (Phi) is 10.4. The maximum Gasteiger partial charge on any atom is 0.244 e. The molecule has 2 amide bonds. The van der Waals surface area contributed by atoms with Crippen molar-refractivity contribution in [2.75, 3.05) is 36.9 Å². The first-order valence-corrected chi connectivity index (χ1v) is 14.9. The number of hydrogen-bond acceptors (Lipinski definition) is 7. The minimum absolute atomic E-state index is 0.0741. The predicted octanol–water partition coefficient (Wildman–Crippen LogP) is 3.34. The molecular weight excluding hydrogens is 522 g/mol. The van der Waals surface area contributed by atoms with Crippen LogP contribution in [0.1, 0.15) is 46.1 Å². The number of benzene rings is 2. The third-order valence-electron chi connectivity index (χ3n) is 6.67. The van der Waals surface area contributed by atoms with E-state index in [0.29, 0.717) is 36.9 Å². The van der Waals surface area contributed by atoms with Crippen LogP contribution in [-0.4, -0.2) is 69.8 Å². The Morgan fingerprint density at radius 3 is 2.38 bits per heavy atom. The number of ether oxygens (including phenoxy) is 3. The Bertz CT molecular complexity index is 1250. The lowest BCUT2D eigenvalue weighted by molar-refractivity contribution is -0.140. The molecule has 2 atom stereocenters. The van der Waals surface area contributed by atoms with E-state index in [2.05, 4.69) is 5.32 Å². The van der Waals surface area contributed by atoms with Crippen LogP contribution in [0.3, 0.4) is 0 Å². The topological polar surface area (TPSA) is 114 Å². The molecule has 10 nitrogen and oxygen atoms in total. The van der Waals surface area contributed by atoms with Gasteiger partial charge >= 0.3 is 0 Å². The summed E-state index contributed by atoms with van der Waals surface area (Å²) in [5, 5.41) is 2.97. The van der Waals surface area contributed by atoms with E-state index >= 15 is 0 Å². The van der Waals surface area contributed by atoms with Crippen LogP contribution >= 0.6 is 0 Å². The molecular formula is C28H39N3O7S. The largest absolute Gasteiger partial charge is 0.497 e. The number of rotatable bonds is 13. The van der Waals surface area contributed by atoms with Gasteiger partial charge in [0.15, 0.2) is 11.5 Å². The van der Waals surface area contributed by atoms with Gasteiger partial charge in [0, 0.05) is 18.7 Å². The van der Waals surface area contributed by atoms with E-state index in [0.717, 1.165) is 16.3 Å². The molecule has 214 valence electrons. The molecule has 2 aromatic carbocycles. The van der Waals surface area contributed by atoms with Crippen LogP contribution in [0.2, 0.25) is 0 Å². The first kappa shape index (κ1) is 30.1. The lowest BCUT2D eigenvalue weighted by Gasteiger charge is -2.34. The zero-order valence-electron chi connectivity index (χ0n) is 23.3. The molecule has 1 aliphatic rings. The number of anilines is 1. The van der Waals surface area contributed by atoms with Gasteiger partial charge in [0.1, 0.15) is 31.5 Å². The van der Waals surface area contributed by atoms with Crippen LogP contribution in [0.4, 0.5) is 5.69 Å². The van der Waals surface area contributed by atoms with E-state index in [9.17, 15) is 18.0 Å². The van der Waals surface area contributed by atoms with E-state index in [4.69, 9.17) is 14.2 Å². The van der Waals surface area contributed by atoms with E-state index < -0.39 is 28.5 Å². The van der Waals surface area contributed by atoms with E-state index in [1.54, 1.807) is 43.5 Å². The first-order valence-electron chi connectivity index (χ1n) is 13.3. The molecule has 11 heteroatoms. The molecule has 2 aromatic rings. The zero-order valence-corrected chi connectivity index (χ0v) is 24.1. The van der Waals surface area contributed by atoms with E-state index in [1.165, 1.54) is 11.8 Å². The highest BCUT2D eigenvalue weighted by atomic mass is 32.2. The molecule has 0 unspecified atom stereocenters. The SMILES string of the molecule is CC[C@@H](C)NC(=O)[C@H](CC)N(Cc1cccc(OC)c1)C(=O)CN(c1ccc2c(c1)OCCO2)S(=O)(=O)CC. The van der Waals surface area contributed by atoms with Crippen LogP contribution in [0.5, 0.6) is 17.2 Å². The molecule has 3 rings (SSSR count). The standard InChI is InChI=1S/C28H39N3O7S/c1-6-20(4)29-28(33)24(7-2)30(18-21-10-9-11-23(16-21)36-5)27(32)19-31(39(34,35)8-3)22-12-13-25-26(17-22)38-15-14-37-25/h9-13,16-17,20,24H,6-8,14-15,18-19H2,1-5H3,(H,29,33)/t20-,24+/m1/s1. The third-order valence-corrected chi connectivity index (χ3v) is 8.41. The van der Waals surface area contributed by atoms with Crippen molar-refractivity contribution in [2.24, 2.45) is 0 Å². The third kappa shape index (κ3) is 7.56. The van der Waals surface area contributed by atoms with Gasteiger partial charge in [-0.2, -0.15) is 0 Å². The summed E-state index contributed by atoms with van der Waals surface area (Å²) in [6, 6.07) is 11.1. The summed E-state index contributed by atoms with van der Waals surface area (Å²) in [6.07, 6.45) is 1.08. The van der Waals surface area contributed by atoms with Gasteiger partial charge in [0.25, 0.3) is 0 Å². The van der Waals surface area contributed by atoms with Crippen molar-refractivity contribution in [2.45, 2.75) is 59.2 Å². The Balaban J connectivity index is 1.99. The smallest absolute Gasteiger partial charge is 0.244 e. The summed E-state index contributed by atoms with van der Waals surface area (Å²) in [6.45, 7) is 7.58. The van der Waals surface area contributed by atoms with Crippen molar-refractivity contribution < 1.29 is 32.2 Å². The number of sulfonamides is 1. The van der Waals surface area contributed by atoms with E-state index in [-0.39, 0.29) is 29.9 Å². The molecule has 1 aliphatic heterocycles. The lowest BCUT2D eigenvalue weighted by Crippen LogP contribution is -2.53. The Hall–Kier alpha value is -3.47. The highest BCUT2D eigenvalue weighted by molar-refractivity contribution is 7.92. The molecule has 0 saturated heterocycles. The zero-order chi connectivity index (χ0) is 28.6. The number of carbonyl (C=O) groups is 2. The van der Waals surface area contributed by atoms with Crippen LogP contribution in [0.15, 0.2) is 42.5 Å². The van der Waals surface area contributed by atoms with Crippen LogP contribution in [0, 0.1) is 0 Å². The first-order chi connectivity index (χ1) is 18.6. The lowest BCUT2D eigenvalue weighted by atomic mass is 10.1. The van der Waals surface area contributed by atoms with Gasteiger partial charge in [-0.3, -0.25) is 13.9 Å². The van der Waals surface area contributed by atoms with Crippen molar-refractivity contribution >= 4 is 27.5 Å². The van der Waals surface area contributed by atoms with Crippen molar-refractivity contribution in [3.63, 3.8) is 0 Å². The molecule has 0 bridgehead atoms. The van der Waals surface area contributed by atoms with Gasteiger partial charge in [-0.05, 0) is 56.5 Å². The molecule has 1 N–H and O–H groups in total. The Labute approximate surface area is 231 Å². The second kappa shape index (κ2) is 13.5. The Morgan fingerprint density at radius 2 is 1.74 bits per heavy atom. The summed E-state index contributed by atoms with van der Waals surface area (Å²) in [5.74, 6) is 0.537. The van der Waals surface area contributed by atoms with Gasteiger partial charge in [-0.15, -0.1) is 0 Å². The minimum Gasteiger partial charge on any atom is -0.497 e. The normalized spacial score (nSPS) is 14.2. The van der Waals surface area contributed by atoms with Gasteiger partial charge in [-0.25, -0.2) is 8.42 Å². The molecule has 39 heavy (non-hydrogen) atoms. The van der Waals surface area contributed by atoms with Gasteiger partial charge in [0.2, 0.25) is 21.8 Å². The number of fused-ring (bicyclic) bond motifs is 1. The molecule has 0 fully saturated rings. The molecule has 0 aliphatic carbocycles. The number of nitrogens with one attached hydrogen (secondary N) is 1. The van der Waals surface area contributed by atoms with Crippen LogP contribution in [0.25, 0.3) is 0 Å². The highest BCUT2D eigenvalue weighted by Crippen LogP contribution is 2.35. The summed E-state index contributed by atoms with van der Waals surface area (Å²) in [5.41, 5.74) is 1.04. The second-order valence-corrected chi connectivity index (χ2v) is 11.5. The maximum atomic E-state index is 13.9.